The van der Waals surface area contributed by atoms with Gasteiger partial charge >= 0.3 is 6.01 Å². The minimum Gasteiger partial charge on any atom is -0.408 e. The normalized spacial score (nSPS) is 10.1. The number of aromatic nitrogens is 2. The van der Waals surface area contributed by atoms with Crippen LogP contribution in [0.15, 0.2) is 4.42 Å². The third-order valence-electron chi connectivity index (χ3n) is 1.66. The number of amides is 1. The average molecular weight is 233 g/mol. The summed E-state index contributed by atoms with van der Waals surface area (Å²) in [5.41, 5.74) is 0. The van der Waals surface area contributed by atoms with E-state index in [1.54, 1.807) is 14.1 Å². The number of hydrogen-bond acceptors (Lipinski definition) is 5. The van der Waals surface area contributed by atoms with Gasteiger partial charge in [-0.3, -0.25) is 4.79 Å². The summed E-state index contributed by atoms with van der Waals surface area (Å²) >= 11 is 5.51. The van der Waals surface area contributed by atoms with E-state index in [2.05, 4.69) is 15.5 Å². The van der Waals surface area contributed by atoms with Gasteiger partial charge in [0.1, 0.15) is 0 Å². The van der Waals surface area contributed by atoms with Gasteiger partial charge in [-0.15, -0.1) is 16.7 Å². The van der Waals surface area contributed by atoms with Crippen LogP contribution < -0.4 is 5.32 Å². The van der Waals surface area contributed by atoms with Gasteiger partial charge in [-0.25, -0.2) is 0 Å². The summed E-state index contributed by atoms with van der Waals surface area (Å²) in [6.07, 6.45) is 0.526. The van der Waals surface area contributed by atoms with E-state index in [4.69, 9.17) is 16.0 Å². The van der Waals surface area contributed by atoms with Crippen LogP contribution in [0.4, 0.5) is 6.01 Å². The van der Waals surface area contributed by atoms with Crippen molar-refractivity contribution in [3.63, 3.8) is 0 Å². The SMILES string of the molecule is CN(C)C(=O)CNc1nnc(CCCl)o1. The Hall–Kier alpha value is -1.30. The molecule has 6 nitrogen and oxygen atoms in total. The van der Waals surface area contributed by atoms with Gasteiger partial charge in [0.2, 0.25) is 11.8 Å². The third kappa shape index (κ3) is 3.75. The van der Waals surface area contributed by atoms with E-state index in [1.165, 1.54) is 4.90 Å². The number of alkyl halides is 1. The number of carbonyl (C=O) groups is 1. The van der Waals surface area contributed by atoms with Crippen LogP contribution in [0.25, 0.3) is 0 Å². The van der Waals surface area contributed by atoms with Gasteiger partial charge in [0, 0.05) is 26.4 Å². The van der Waals surface area contributed by atoms with Crippen LogP contribution >= 0.6 is 11.6 Å². The third-order valence-corrected chi connectivity index (χ3v) is 1.85. The van der Waals surface area contributed by atoms with E-state index in [1.807, 2.05) is 0 Å². The van der Waals surface area contributed by atoms with Crippen molar-refractivity contribution in [1.82, 2.24) is 15.1 Å². The van der Waals surface area contributed by atoms with Crippen LogP contribution in [0.2, 0.25) is 0 Å². The Balaban J connectivity index is 2.40. The Bertz CT molecular complexity index is 326. The summed E-state index contributed by atoms with van der Waals surface area (Å²) in [6, 6.07) is 0.241. The van der Waals surface area contributed by atoms with Gasteiger partial charge in [0.25, 0.3) is 0 Å². The predicted octanol–water partition coefficient (Wildman–Crippen LogP) is 0.351. The van der Waals surface area contributed by atoms with E-state index in [9.17, 15) is 4.79 Å². The lowest BCUT2D eigenvalue weighted by atomic mass is 10.5. The van der Waals surface area contributed by atoms with Crippen LogP contribution in [0.3, 0.4) is 0 Å². The second-order valence-corrected chi connectivity index (χ2v) is 3.46. The first kappa shape index (κ1) is 11.8. The van der Waals surface area contributed by atoms with Crippen molar-refractivity contribution in [3.8, 4) is 0 Å². The molecule has 0 spiro atoms. The lowest BCUT2D eigenvalue weighted by molar-refractivity contribution is -0.126. The zero-order chi connectivity index (χ0) is 11.3. The topological polar surface area (TPSA) is 71.3 Å². The summed E-state index contributed by atoms with van der Waals surface area (Å²) in [4.78, 5) is 12.7. The number of likely N-dealkylation sites (N-methyl/N-ethyl adjacent to an activating group) is 1. The highest BCUT2D eigenvalue weighted by Crippen LogP contribution is 2.05. The molecule has 0 aliphatic rings. The van der Waals surface area contributed by atoms with Crippen LogP contribution in [-0.4, -0.2) is 47.5 Å². The largest absolute Gasteiger partial charge is 0.408 e. The van der Waals surface area contributed by atoms with Gasteiger partial charge in [-0.05, 0) is 0 Å². The molecule has 15 heavy (non-hydrogen) atoms. The van der Waals surface area contributed by atoms with Gasteiger partial charge in [-0.1, -0.05) is 5.10 Å². The molecule has 0 aliphatic heterocycles. The van der Waals surface area contributed by atoms with E-state index in [0.717, 1.165) is 0 Å². The first-order valence-electron chi connectivity index (χ1n) is 4.46. The first-order valence-corrected chi connectivity index (χ1v) is 4.99. The highest BCUT2D eigenvalue weighted by Gasteiger charge is 2.08. The second-order valence-electron chi connectivity index (χ2n) is 3.08. The minimum atomic E-state index is -0.0629. The van der Waals surface area contributed by atoms with Crippen molar-refractivity contribution >= 4 is 23.5 Å². The smallest absolute Gasteiger partial charge is 0.315 e. The number of carbonyl (C=O) groups excluding carboxylic acids is 1. The van der Waals surface area contributed by atoms with Crippen molar-refractivity contribution in [2.75, 3.05) is 31.8 Å². The summed E-state index contributed by atoms with van der Waals surface area (Å²) in [7, 11) is 3.35. The highest BCUT2D eigenvalue weighted by atomic mass is 35.5. The van der Waals surface area contributed by atoms with Gasteiger partial charge in [0.05, 0.1) is 6.54 Å². The Morgan fingerprint density at radius 2 is 2.27 bits per heavy atom. The molecule has 1 amide bonds. The summed E-state index contributed by atoms with van der Waals surface area (Å²) in [5, 5.41) is 10.2. The lowest BCUT2D eigenvalue weighted by Crippen LogP contribution is -2.28. The molecule has 0 radical (unpaired) electrons. The maximum absolute atomic E-state index is 11.2. The number of anilines is 1. The lowest BCUT2D eigenvalue weighted by Gasteiger charge is -2.09. The van der Waals surface area contributed by atoms with E-state index in [-0.39, 0.29) is 18.5 Å². The molecule has 0 unspecified atom stereocenters. The van der Waals surface area contributed by atoms with Crippen LogP contribution in [-0.2, 0) is 11.2 Å². The zero-order valence-corrected chi connectivity index (χ0v) is 9.41. The number of halogens is 1. The highest BCUT2D eigenvalue weighted by molar-refractivity contribution is 6.17. The number of aryl methyl sites for hydroxylation is 1. The van der Waals surface area contributed by atoms with E-state index < -0.39 is 0 Å². The molecule has 1 aromatic rings. The molecular formula is C8H13ClN4O2. The van der Waals surface area contributed by atoms with Gasteiger partial charge in [0.15, 0.2) is 0 Å². The maximum Gasteiger partial charge on any atom is 0.315 e. The summed E-state index contributed by atoms with van der Waals surface area (Å²) < 4.78 is 5.17. The predicted molar refractivity (Wildman–Crippen MR) is 55.9 cm³/mol. The fraction of sp³-hybridized carbons (Fsp3) is 0.625. The summed E-state index contributed by atoms with van der Waals surface area (Å²) in [5.74, 6) is 0.829. The fourth-order valence-corrected chi connectivity index (χ4v) is 0.978. The van der Waals surface area contributed by atoms with Crippen LogP contribution in [0.1, 0.15) is 5.89 Å². The molecule has 7 heteroatoms. The molecule has 1 rings (SSSR count). The minimum absolute atomic E-state index is 0.0629. The number of nitrogens with one attached hydrogen (secondary N) is 1. The standard InChI is InChI=1S/C8H13ClN4O2/c1-13(2)7(14)5-10-8-12-11-6(15-8)3-4-9/h3-5H2,1-2H3,(H,10,12). The molecule has 0 fully saturated rings. The van der Waals surface area contributed by atoms with Crippen molar-refractivity contribution in [2.24, 2.45) is 0 Å². The molecular weight excluding hydrogens is 220 g/mol. The molecule has 0 aliphatic carbocycles. The van der Waals surface area contributed by atoms with Crippen LogP contribution in [0, 0.1) is 0 Å². The van der Waals surface area contributed by atoms with Gasteiger partial charge < -0.3 is 14.6 Å². The van der Waals surface area contributed by atoms with E-state index in [0.29, 0.717) is 18.2 Å². The molecule has 0 bridgehead atoms. The van der Waals surface area contributed by atoms with Crippen LogP contribution in [0.5, 0.6) is 0 Å². The Kier molecular flexibility index (Phi) is 4.36. The van der Waals surface area contributed by atoms with Crippen molar-refractivity contribution in [3.05, 3.63) is 5.89 Å². The van der Waals surface area contributed by atoms with Crippen molar-refractivity contribution < 1.29 is 9.21 Å². The van der Waals surface area contributed by atoms with Crippen molar-refractivity contribution in [1.29, 1.82) is 0 Å². The van der Waals surface area contributed by atoms with Crippen molar-refractivity contribution in [2.45, 2.75) is 6.42 Å². The maximum atomic E-state index is 11.2. The molecule has 0 aromatic carbocycles. The van der Waals surface area contributed by atoms with Gasteiger partial charge in [-0.2, -0.15) is 0 Å². The molecule has 1 heterocycles. The molecule has 1 aromatic heterocycles. The zero-order valence-electron chi connectivity index (χ0n) is 8.66. The summed E-state index contributed by atoms with van der Waals surface area (Å²) in [6.45, 7) is 0.134. The second kappa shape index (κ2) is 5.55. The van der Waals surface area contributed by atoms with E-state index >= 15 is 0 Å². The Labute approximate surface area is 92.6 Å². The fourth-order valence-electron chi connectivity index (χ4n) is 0.816. The molecule has 0 saturated carbocycles. The molecule has 84 valence electrons. The number of nitrogens with zero attached hydrogens (tertiary/aromatic N) is 3. The first-order chi connectivity index (χ1) is 7.13. The molecule has 0 atom stereocenters. The average Bonchev–Trinajstić information content (AvgIpc) is 2.62. The number of rotatable bonds is 5. The Morgan fingerprint density at radius 1 is 1.53 bits per heavy atom. The molecule has 1 N–H and O–H groups in total. The number of hydrogen-bond donors (Lipinski definition) is 1. The Morgan fingerprint density at radius 3 is 2.87 bits per heavy atom. The monoisotopic (exact) mass is 232 g/mol. The quantitative estimate of drug-likeness (QED) is 0.742. The molecule has 0 saturated heterocycles.